The summed E-state index contributed by atoms with van der Waals surface area (Å²) in [6, 6.07) is 11.1. The van der Waals surface area contributed by atoms with E-state index < -0.39 is 0 Å². The summed E-state index contributed by atoms with van der Waals surface area (Å²) in [4.78, 5) is 35.4. The molecule has 1 aliphatic rings. The number of hydrogen-bond acceptors (Lipinski definition) is 6. The molecule has 1 saturated heterocycles. The van der Waals surface area contributed by atoms with E-state index in [9.17, 15) is 14.0 Å². The predicted octanol–water partition coefficient (Wildman–Crippen LogP) is 3.94. The standard InChI is InChI=1S/C22H20FN3O3S/c23-17-6-4-15(5-7-17)21(27)26-11-8-16(9-12-26)22(28)29-13-18-14-30-20(25-18)19-3-1-2-10-24-19/h1-7,10,14,16H,8-9,11-13H2. The maximum Gasteiger partial charge on any atom is 0.309 e. The first-order valence-corrected chi connectivity index (χ1v) is 10.6. The summed E-state index contributed by atoms with van der Waals surface area (Å²) < 4.78 is 18.5. The van der Waals surface area contributed by atoms with Crippen molar-refractivity contribution >= 4 is 23.2 Å². The summed E-state index contributed by atoms with van der Waals surface area (Å²) in [5.41, 5.74) is 1.93. The van der Waals surface area contributed by atoms with Gasteiger partial charge >= 0.3 is 5.97 Å². The largest absolute Gasteiger partial charge is 0.459 e. The number of hydrogen-bond donors (Lipinski definition) is 0. The van der Waals surface area contributed by atoms with Crippen molar-refractivity contribution in [3.8, 4) is 10.7 Å². The molecule has 0 unspecified atom stereocenters. The molecule has 0 spiro atoms. The third-order valence-corrected chi connectivity index (χ3v) is 5.92. The molecule has 0 atom stereocenters. The number of ether oxygens (including phenoxy) is 1. The Balaban J connectivity index is 1.26. The van der Waals surface area contributed by atoms with Crippen LogP contribution in [0.4, 0.5) is 4.39 Å². The van der Waals surface area contributed by atoms with Gasteiger partial charge < -0.3 is 9.64 Å². The van der Waals surface area contributed by atoms with Gasteiger partial charge in [-0.1, -0.05) is 6.07 Å². The normalized spacial score (nSPS) is 14.5. The minimum atomic E-state index is -0.375. The van der Waals surface area contributed by atoms with Gasteiger partial charge in [-0.05, 0) is 49.2 Å². The number of carbonyl (C=O) groups excluding carboxylic acids is 2. The molecule has 1 amide bonds. The number of piperidine rings is 1. The minimum Gasteiger partial charge on any atom is -0.459 e. The lowest BCUT2D eigenvalue weighted by Crippen LogP contribution is -2.40. The zero-order valence-corrected chi connectivity index (χ0v) is 17.0. The zero-order valence-electron chi connectivity index (χ0n) is 16.2. The number of halogens is 1. The van der Waals surface area contributed by atoms with E-state index in [1.54, 1.807) is 11.1 Å². The quantitative estimate of drug-likeness (QED) is 0.579. The van der Waals surface area contributed by atoms with E-state index in [4.69, 9.17) is 4.74 Å². The number of esters is 1. The van der Waals surface area contributed by atoms with E-state index in [1.807, 2.05) is 23.6 Å². The Labute approximate surface area is 177 Å². The van der Waals surface area contributed by atoms with Gasteiger partial charge in [-0.2, -0.15) is 0 Å². The molecule has 2 aromatic heterocycles. The molecule has 0 aliphatic carbocycles. The fourth-order valence-electron chi connectivity index (χ4n) is 3.34. The molecule has 1 aliphatic heterocycles. The molecule has 154 valence electrons. The van der Waals surface area contributed by atoms with Crippen molar-refractivity contribution in [2.75, 3.05) is 13.1 Å². The van der Waals surface area contributed by atoms with Crippen molar-refractivity contribution in [2.45, 2.75) is 19.4 Å². The molecule has 0 bridgehead atoms. The summed E-state index contributed by atoms with van der Waals surface area (Å²) in [7, 11) is 0. The van der Waals surface area contributed by atoms with Gasteiger partial charge in [0.25, 0.3) is 5.91 Å². The zero-order chi connectivity index (χ0) is 20.9. The van der Waals surface area contributed by atoms with E-state index in [-0.39, 0.29) is 30.2 Å². The van der Waals surface area contributed by atoms with Crippen LogP contribution in [0, 0.1) is 11.7 Å². The number of aromatic nitrogens is 2. The highest BCUT2D eigenvalue weighted by Gasteiger charge is 2.29. The van der Waals surface area contributed by atoms with Crippen LogP contribution < -0.4 is 0 Å². The van der Waals surface area contributed by atoms with Gasteiger partial charge in [-0.25, -0.2) is 9.37 Å². The van der Waals surface area contributed by atoms with Crippen LogP contribution in [0.3, 0.4) is 0 Å². The number of thiazole rings is 1. The molecule has 3 aromatic rings. The van der Waals surface area contributed by atoms with Gasteiger partial charge in [0.1, 0.15) is 17.4 Å². The first-order chi connectivity index (χ1) is 14.6. The lowest BCUT2D eigenvalue weighted by molar-refractivity contribution is -0.151. The number of nitrogens with zero attached hydrogens (tertiary/aromatic N) is 3. The van der Waals surface area contributed by atoms with Crippen molar-refractivity contribution in [2.24, 2.45) is 5.92 Å². The van der Waals surface area contributed by atoms with Gasteiger partial charge in [0, 0.05) is 30.2 Å². The molecule has 6 nitrogen and oxygen atoms in total. The van der Waals surface area contributed by atoms with Gasteiger partial charge in [-0.3, -0.25) is 14.6 Å². The Morgan fingerprint density at radius 3 is 2.60 bits per heavy atom. The number of rotatable bonds is 5. The topological polar surface area (TPSA) is 72.4 Å². The third-order valence-electron chi connectivity index (χ3n) is 5.00. The van der Waals surface area contributed by atoms with Crippen LogP contribution >= 0.6 is 11.3 Å². The van der Waals surface area contributed by atoms with Crippen LogP contribution in [0.25, 0.3) is 10.7 Å². The fraction of sp³-hybridized carbons (Fsp3) is 0.273. The van der Waals surface area contributed by atoms with Gasteiger partial charge in [-0.15, -0.1) is 11.3 Å². The lowest BCUT2D eigenvalue weighted by atomic mass is 9.96. The molecule has 0 saturated carbocycles. The number of amides is 1. The van der Waals surface area contributed by atoms with Crippen LogP contribution in [-0.2, 0) is 16.1 Å². The fourth-order valence-corrected chi connectivity index (χ4v) is 4.12. The number of pyridine rings is 1. The van der Waals surface area contributed by atoms with Crippen LogP contribution in [-0.4, -0.2) is 39.8 Å². The Kier molecular flexibility index (Phi) is 6.13. The van der Waals surface area contributed by atoms with Gasteiger partial charge in [0.2, 0.25) is 0 Å². The van der Waals surface area contributed by atoms with E-state index in [0.717, 1.165) is 10.7 Å². The van der Waals surface area contributed by atoms with Crippen molar-refractivity contribution < 1.29 is 18.7 Å². The monoisotopic (exact) mass is 425 g/mol. The Morgan fingerprint density at radius 2 is 1.90 bits per heavy atom. The predicted molar refractivity (Wildman–Crippen MR) is 110 cm³/mol. The van der Waals surface area contributed by atoms with E-state index in [2.05, 4.69) is 9.97 Å². The van der Waals surface area contributed by atoms with E-state index in [1.165, 1.54) is 35.6 Å². The van der Waals surface area contributed by atoms with Crippen molar-refractivity contribution in [3.05, 3.63) is 71.1 Å². The molecule has 3 heterocycles. The molecule has 30 heavy (non-hydrogen) atoms. The van der Waals surface area contributed by atoms with E-state index >= 15 is 0 Å². The smallest absolute Gasteiger partial charge is 0.309 e. The molecule has 8 heteroatoms. The summed E-state index contributed by atoms with van der Waals surface area (Å²) >= 11 is 1.46. The lowest BCUT2D eigenvalue weighted by Gasteiger charge is -2.31. The molecule has 0 radical (unpaired) electrons. The van der Waals surface area contributed by atoms with Crippen LogP contribution in [0.2, 0.25) is 0 Å². The molecule has 4 rings (SSSR count). The molecule has 1 aromatic carbocycles. The summed E-state index contributed by atoms with van der Waals surface area (Å²) in [5, 5.41) is 2.65. The molecule has 0 N–H and O–H groups in total. The summed E-state index contributed by atoms with van der Waals surface area (Å²) in [6.45, 7) is 1.06. The average Bonchev–Trinajstić information content (AvgIpc) is 3.27. The highest BCUT2D eigenvalue weighted by Crippen LogP contribution is 2.24. The van der Waals surface area contributed by atoms with Gasteiger partial charge in [0.05, 0.1) is 17.3 Å². The third kappa shape index (κ3) is 4.71. The minimum absolute atomic E-state index is 0.122. The van der Waals surface area contributed by atoms with Crippen molar-refractivity contribution in [1.82, 2.24) is 14.9 Å². The second kappa shape index (κ2) is 9.13. The Hall–Kier alpha value is -3.13. The Bertz CT molecular complexity index is 1020. The average molecular weight is 425 g/mol. The highest BCUT2D eigenvalue weighted by atomic mass is 32.1. The SMILES string of the molecule is O=C(OCc1csc(-c2ccccn2)n1)C1CCN(C(=O)c2ccc(F)cc2)CC1. The molecule has 1 fully saturated rings. The number of carbonyl (C=O) groups is 2. The summed E-state index contributed by atoms with van der Waals surface area (Å²) in [5.74, 6) is -1.03. The number of benzene rings is 1. The van der Waals surface area contributed by atoms with Crippen LogP contribution in [0.15, 0.2) is 54.0 Å². The second-order valence-electron chi connectivity index (χ2n) is 7.04. The Morgan fingerprint density at radius 1 is 1.13 bits per heavy atom. The first-order valence-electron chi connectivity index (χ1n) is 9.67. The highest BCUT2D eigenvalue weighted by molar-refractivity contribution is 7.13. The van der Waals surface area contributed by atoms with Crippen LogP contribution in [0.5, 0.6) is 0 Å². The second-order valence-corrected chi connectivity index (χ2v) is 7.90. The molecular weight excluding hydrogens is 405 g/mol. The van der Waals surface area contributed by atoms with E-state index in [0.29, 0.717) is 37.2 Å². The number of likely N-dealkylation sites (tertiary alicyclic amines) is 1. The van der Waals surface area contributed by atoms with Gasteiger partial charge in [0.15, 0.2) is 0 Å². The van der Waals surface area contributed by atoms with Crippen molar-refractivity contribution in [1.29, 1.82) is 0 Å². The maximum absolute atomic E-state index is 13.0. The molecular formula is C22H20FN3O3S. The maximum atomic E-state index is 13.0. The van der Waals surface area contributed by atoms with Crippen LogP contribution in [0.1, 0.15) is 28.9 Å². The first kappa shape index (κ1) is 20.2. The summed E-state index contributed by atoms with van der Waals surface area (Å²) in [6.07, 6.45) is 2.80. The van der Waals surface area contributed by atoms with Crippen molar-refractivity contribution in [3.63, 3.8) is 0 Å².